The van der Waals surface area contributed by atoms with Crippen molar-refractivity contribution < 1.29 is 38.1 Å². The van der Waals surface area contributed by atoms with Gasteiger partial charge < -0.3 is 34.5 Å². The van der Waals surface area contributed by atoms with Gasteiger partial charge >= 0.3 is 24.1 Å². The number of rotatable bonds is 18. The van der Waals surface area contributed by atoms with Crippen molar-refractivity contribution in [3.8, 4) is 0 Å². The summed E-state index contributed by atoms with van der Waals surface area (Å²) in [5.74, 6) is -0.734. The molecule has 0 aliphatic carbocycles. The molecule has 0 spiro atoms. The summed E-state index contributed by atoms with van der Waals surface area (Å²) in [4.78, 5) is 53.6. The van der Waals surface area contributed by atoms with Gasteiger partial charge in [0, 0.05) is 45.8 Å². The third-order valence-corrected chi connectivity index (χ3v) is 6.36. The zero-order valence-corrected chi connectivity index (χ0v) is 28.7. The number of esters is 2. The Morgan fingerprint density at radius 2 is 1.19 bits per heavy atom. The van der Waals surface area contributed by atoms with Crippen LogP contribution in [0.3, 0.4) is 0 Å². The number of hydrogen-bond donors (Lipinski definition) is 2. The first kappa shape index (κ1) is 39.0. The van der Waals surface area contributed by atoms with E-state index in [-0.39, 0.29) is 57.8 Å². The summed E-state index contributed by atoms with van der Waals surface area (Å²) in [7, 11) is 0. The molecule has 0 aliphatic rings. The number of benzene rings is 2. The Balaban J connectivity index is 1.99. The van der Waals surface area contributed by atoms with Crippen LogP contribution in [0.15, 0.2) is 60.7 Å². The molecule has 2 N–H and O–H groups in total. The molecule has 2 aromatic carbocycles. The number of ether oxygens (including phenoxy) is 4. The second kappa shape index (κ2) is 20.2. The number of carbonyl (C=O) groups excluding carboxylic acids is 4. The molecule has 2 aromatic rings. The largest absolute Gasteiger partial charge is 0.460 e. The van der Waals surface area contributed by atoms with E-state index in [1.54, 1.807) is 25.7 Å². The van der Waals surface area contributed by atoms with Gasteiger partial charge in [-0.05, 0) is 52.7 Å². The molecule has 260 valence electrons. The van der Waals surface area contributed by atoms with E-state index in [2.05, 4.69) is 10.6 Å². The van der Waals surface area contributed by atoms with E-state index >= 15 is 0 Å². The predicted octanol–water partition coefficient (Wildman–Crippen LogP) is 4.52. The van der Waals surface area contributed by atoms with Gasteiger partial charge in [0.15, 0.2) is 0 Å². The summed E-state index contributed by atoms with van der Waals surface area (Å²) in [6.45, 7) is 13.3. The summed E-state index contributed by atoms with van der Waals surface area (Å²) in [5, 5.41) is 5.78. The minimum absolute atomic E-state index is 0.00176. The standard InChI is InChI=1S/C35H52N4O8/c1-34(2,3)46-30(40)17-20-38(21-19-37-32(42)44-26-28-13-9-7-10-14-28)23-24-39(22-18-36-25-31(41)47-35(4,5)6)33(43)45-27-29-15-11-8-12-16-29/h7-16,36H,17-27H2,1-6H3,(H,37,42). The van der Waals surface area contributed by atoms with Gasteiger partial charge in [0.2, 0.25) is 0 Å². The van der Waals surface area contributed by atoms with Gasteiger partial charge in [-0.15, -0.1) is 0 Å². The number of nitrogens with zero attached hydrogens (tertiary/aromatic N) is 2. The van der Waals surface area contributed by atoms with Crippen molar-refractivity contribution in [1.82, 2.24) is 20.4 Å². The molecule has 0 saturated carbocycles. The van der Waals surface area contributed by atoms with E-state index in [4.69, 9.17) is 18.9 Å². The first-order chi connectivity index (χ1) is 22.2. The molecule has 0 aromatic heterocycles. The van der Waals surface area contributed by atoms with E-state index in [0.717, 1.165) is 11.1 Å². The van der Waals surface area contributed by atoms with Crippen LogP contribution in [-0.2, 0) is 41.8 Å². The zero-order chi connectivity index (χ0) is 34.7. The first-order valence-corrected chi connectivity index (χ1v) is 16.0. The maximum absolute atomic E-state index is 13.2. The molecule has 2 rings (SSSR count). The average Bonchev–Trinajstić information content (AvgIpc) is 3.00. The summed E-state index contributed by atoms with van der Waals surface area (Å²) in [5.41, 5.74) is 0.523. The fraction of sp³-hybridized carbons (Fsp3) is 0.543. The lowest BCUT2D eigenvalue weighted by molar-refractivity contribution is -0.155. The summed E-state index contributed by atoms with van der Waals surface area (Å²) in [6.07, 6.45) is -0.934. The van der Waals surface area contributed by atoms with Gasteiger partial charge in [-0.1, -0.05) is 60.7 Å². The van der Waals surface area contributed by atoms with Crippen LogP contribution in [0, 0.1) is 0 Å². The van der Waals surface area contributed by atoms with Crippen LogP contribution >= 0.6 is 0 Å². The van der Waals surface area contributed by atoms with E-state index in [1.807, 2.05) is 86.3 Å². The van der Waals surface area contributed by atoms with Crippen LogP contribution < -0.4 is 10.6 Å². The van der Waals surface area contributed by atoms with Crippen molar-refractivity contribution >= 4 is 24.1 Å². The molecular weight excluding hydrogens is 604 g/mol. The minimum Gasteiger partial charge on any atom is -0.460 e. The summed E-state index contributed by atoms with van der Waals surface area (Å²) in [6, 6.07) is 18.7. The quantitative estimate of drug-likeness (QED) is 0.134. The topological polar surface area (TPSA) is 136 Å². The van der Waals surface area contributed by atoms with E-state index in [0.29, 0.717) is 26.2 Å². The van der Waals surface area contributed by atoms with Crippen LogP contribution in [-0.4, -0.2) is 97.5 Å². The number of amides is 2. The number of carbonyl (C=O) groups is 4. The Bertz CT molecular complexity index is 1230. The Morgan fingerprint density at radius 1 is 0.638 bits per heavy atom. The third-order valence-electron chi connectivity index (χ3n) is 6.36. The van der Waals surface area contributed by atoms with Crippen molar-refractivity contribution in [2.45, 2.75) is 72.4 Å². The van der Waals surface area contributed by atoms with E-state index < -0.39 is 23.4 Å². The highest BCUT2D eigenvalue weighted by atomic mass is 16.6. The Morgan fingerprint density at radius 3 is 1.77 bits per heavy atom. The maximum Gasteiger partial charge on any atom is 0.410 e. The minimum atomic E-state index is -0.613. The lowest BCUT2D eigenvalue weighted by atomic mass is 10.2. The highest BCUT2D eigenvalue weighted by Crippen LogP contribution is 2.10. The monoisotopic (exact) mass is 656 g/mol. The molecule has 0 atom stereocenters. The van der Waals surface area contributed by atoms with Crippen molar-refractivity contribution in [2.24, 2.45) is 0 Å². The van der Waals surface area contributed by atoms with Gasteiger partial charge in [0.05, 0.1) is 13.0 Å². The Kier molecular flexibility index (Phi) is 16.7. The highest BCUT2D eigenvalue weighted by Gasteiger charge is 2.21. The van der Waals surface area contributed by atoms with Crippen LogP contribution in [0.2, 0.25) is 0 Å². The molecule has 0 unspecified atom stereocenters. The number of nitrogens with one attached hydrogen (secondary N) is 2. The van der Waals surface area contributed by atoms with Crippen molar-refractivity contribution in [3.05, 3.63) is 71.8 Å². The van der Waals surface area contributed by atoms with Gasteiger partial charge in [-0.2, -0.15) is 0 Å². The molecule has 12 heteroatoms. The third kappa shape index (κ3) is 19.2. The zero-order valence-electron chi connectivity index (χ0n) is 28.7. The molecular formula is C35H52N4O8. The fourth-order valence-electron chi connectivity index (χ4n) is 4.22. The second-order valence-corrected chi connectivity index (χ2v) is 13.0. The second-order valence-electron chi connectivity index (χ2n) is 13.0. The molecule has 2 amide bonds. The van der Waals surface area contributed by atoms with Gasteiger partial charge in [-0.3, -0.25) is 14.5 Å². The molecule has 0 fully saturated rings. The first-order valence-electron chi connectivity index (χ1n) is 16.0. The average molecular weight is 657 g/mol. The van der Waals surface area contributed by atoms with Gasteiger partial charge in [0.25, 0.3) is 0 Å². The highest BCUT2D eigenvalue weighted by molar-refractivity contribution is 5.72. The van der Waals surface area contributed by atoms with Gasteiger partial charge in [0.1, 0.15) is 24.4 Å². The Hall–Kier alpha value is -4.16. The predicted molar refractivity (Wildman–Crippen MR) is 178 cm³/mol. The normalized spacial score (nSPS) is 11.5. The molecule has 0 aliphatic heterocycles. The fourth-order valence-corrected chi connectivity index (χ4v) is 4.22. The smallest absolute Gasteiger partial charge is 0.410 e. The van der Waals surface area contributed by atoms with Crippen LogP contribution in [0.5, 0.6) is 0 Å². The molecule has 0 saturated heterocycles. The lowest BCUT2D eigenvalue weighted by Gasteiger charge is -2.28. The summed E-state index contributed by atoms with van der Waals surface area (Å²) < 4.78 is 21.7. The van der Waals surface area contributed by atoms with E-state index in [9.17, 15) is 19.2 Å². The SMILES string of the molecule is CC(C)(C)OC(=O)CCN(CCNC(=O)OCc1ccccc1)CCN(CCNCC(=O)OC(C)(C)C)C(=O)OCc1ccccc1. The van der Waals surface area contributed by atoms with E-state index in [1.165, 1.54) is 0 Å². The maximum atomic E-state index is 13.2. The molecule has 0 heterocycles. The van der Waals surface area contributed by atoms with Gasteiger partial charge in [-0.25, -0.2) is 9.59 Å². The van der Waals surface area contributed by atoms with Crippen LogP contribution in [0.25, 0.3) is 0 Å². The van der Waals surface area contributed by atoms with Crippen molar-refractivity contribution in [3.63, 3.8) is 0 Å². The molecule has 12 nitrogen and oxygen atoms in total. The Labute approximate surface area is 279 Å². The molecule has 0 bridgehead atoms. The van der Waals surface area contributed by atoms with Crippen LogP contribution in [0.4, 0.5) is 9.59 Å². The number of hydrogen-bond acceptors (Lipinski definition) is 10. The molecule has 0 radical (unpaired) electrons. The van der Waals surface area contributed by atoms with Crippen molar-refractivity contribution in [1.29, 1.82) is 0 Å². The lowest BCUT2D eigenvalue weighted by Crippen LogP contribution is -2.45. The van der Waals surface area contributed by atoms with Crippen molar-refractivity contribution in [2.75, 3.05) is 52.4 Å². The summed E-state index contributed by atoms with van der Waals surface area (Å²) >= 11 is 0. The van der Waals surface area contributed by atoms with Crippen LogP contribution in [0.1, 0.15) is 59.1 Å². The number of alkyl carbamates (subject to hydrolysis) is 1. The molecule has 47 heavy (non-hydrogen) atoms.